The number of imidazole rings is 1. The number of hydrogen-bond donors (Lipinski definition) is 0. The maximum atomic E-state index is 12.6. The fraction of sp³-hybridized carbons (Fsp3) is 0.625. The van der Waals surface area contributed by atoms with Gasteiger partial charge in [0.1, 0.15) is 18.5 Å². The summed E-state index contributed by atoms with van der Waals surface area (Å²) in [5.41, 5.74) is 0. The van der Waals surface area contributed by atoms with Gasteiger partial charge in [0.15, 0.2) is 0 Å². The molecule has 1 aliphatic rings. The van der Waals surface area contributed by atoms with Crippen LogP contribution in [0.3, 0.4) is 0 Å². The number of carbonyl (C=O) groups is 1. The third-order valence-electron chi connectivity index (χ3n) is 4.60. The molecule has 1 aliphatic heterocycles. The molecule has 1 fully saturated rings. The lowest BCUT2D eigenvalue weighted by Crippen LogP contribution is -2.44. The summed E-state index contributed by atoms with van der Waals surface area (Å²) in [6.45, 7) is 4.41. The smallest absolute Gasteiger partial charge is 0.224 e. The molecule has 0 radical (unpaired) electrons. The highest BCUT2D eigenvalue weighted by atomic mass is 16.2. The molecule has 23 heavy (non-hydrogen) atoms. The second-order valence-electron chi connectivity index (χ2n) is 6.10. The van der Waals surface area contributed by atoms with E-state index >= 15 is 0 Å². The third-order valence-corrected chi connectivity index (χ3v) is 4.60. The van der Waals surface area contributed by atoms with Crippen molar-refractivity contribution in [2.24, 2.45) is 0 Å². The number of aryl methyl sites for hydroxylation is 3. The van der Waals surface area contributed by atoms with Crippen LogP contribution in [0.2, 0.25) is 0 Å². The van der Waals surface area contributed by atoms with Gasteiger partial charge in [-0.3, -0.25) is 9.48 Å². The van der Waals surface area contributed by atoms with Crippen LogP contribution in [-0.4, -0.2) is 47.7 Å². The van der Waals surface area contributed by atoms with Crippen molar-refractivity contribution >= 4 is 5.91 Å². The summed E-state index contributed by atoms with van der Waals surface area (Å²) >= 11 is 0. The van der Waals surface area contributed by atoms with E-state index in [9.17, 15) is 4.79 Å². The quantitative estimate of drug-likeness (QED) is 0.812. The van der Waals surface area contributed by atoms with E-state index in [1.54, 1.807) is 11.0 Å². The molecular weight excluding hydrogens is 292 g/mol. The molecule has 0 aliphatic carbocycles. The van der Waals surface area contributed by atoms with Crippen LogP contribution in [0.25, 0.3) is 0 Å². The van der Waals surface area contributed by atoms with Crippen LogP contribution >= 0.6 is 0 Å². The highest BCUT2D eigenvalue weighted by molar-refractivity contribution is 5.76. The van der Waals surface area contributed by atoms with Gasteiger partial charge in [0.2, 0.25) is 5.91 Å². The fourth-order valence-electron chi connectivity index (χ4n) is 3.26. The van der Waals surface area contributed by atoms with Crippen molar-refractivity contribution in [1.82, 2.24) is 29.2 Å². The number of rotatable bonds is 6. The predicted molar refractivity (Wildman–Crippen MR) is 85.6 cm³/mol. The van der Waals surface area contributed by atoms with E-state index in [4.69, 9.17) is 0 Å². The molecular formula is C16H24N6O. The maximum Gasteiger partial charge on any atom is 0.224 e. The summed E-state index contributed by atoms with van der Waals surface area (Å²) in [7, 11) is 0. The van der Waals surface area contributed by atoms with Crippen molar-refractivity contribution < 1.29 is 4.79 Å². The number of hydrogen-bond acceptors (Lipinski definition) is 4. The first-order valence-electron chi connectivity index (χ1n) is 8.33. The van der Waals surface area contributed by atoms with Crippen LogP contribution in [0.1, 0.15) is 37.9 Å². The number of nitrogens with zero attached hydrogens (tertiary/aromatic N) is 6. The van der Waals surface area contributed by atoms with Gasteiger partial charge in [-0.2, -0.15) is 5.10 Å². The summed E-state index contributed by atoms with van der Waals surface area (Å²) in [6.07, 6.45) is 11.9. The van der Waals surface area contributed by atoms with Crippen molar-refractivity contribution in [2.45, 2.75) is 58.2 Å². The first-order chi connectivity index (χ1) is 11.2. The number of piperidine rings is 1. The maximum absolute atomic E-state index is 12.6. The van der Waals surface area contributed by atoms with Crippen LogP contribution in [0.15, 0.2) is 25.0 Å². The minimum Gasteiger partial charge on any atom is -0.340 e. The molecule has 0 N–H and O–H groups in total. The predicted octanol–water partition coefficient (Wildman–Crippen LogP) is 1.64. The summed E-state index contributed by atoms with van der Waals surface area (Å²) in [6, 6.07) is 0.341. The van der Waals surface area contributed by atoms with Gasteiger partial charge in [-0.05, 0) is 32.6 Å². The minimum atomic E-state index is 0.229. The van der Waals surface area contributed by atoms with E-state index in [0.29, 0.717) is 19.0 Å². The highest BCUT2D eigenvalue weighted by Crippen LogP contribution is 2.21. The molecule has 1 saturated heterocycles. The van der Waals surface area contributed by atoms with E-state index in [1.165, 1.54) is 12.7 Å². The number of carbonyl (C=O) groups excluding carboxylic acids is 1. The molecule has 0 spiro atoms. The van der Waals surface area contributed by atoms with E-state index in [0.717, 1.165) is 38.2 Å². The lowest BCUT2D eigenvalue weighted by Gasteiger charge is -2.36. The second kappa shape index (κ2) is 7.39. The molecule has 124 valence electrons. The van der Waals surface area contributed by atoms with Gasteiger partial charge in [-0.25, -0.2) is 9.97 Å². The molecule has 1 amide bonds. The zero-order valence-corrected chi connectivity index (χ0v) is 13.6. The molecule has 0 bridgehead atoms. The summed E-state index contributed by atoms with van der Waals surface area (Å²) < 4.78 is 3.87. The minimum absolute atomic E-state index is 0.229. The molecule has 1 atom stereocenters. The Morgan fingerprint density at radius 1 is 1.35 bits per heavy atom. The Hall–Kier alpha value is -2.18. The average Bonchev–Trinajstić information content (AvgIpc) is 3.22. The van der Waals surface area contributed by atoms with E-state index in [2.05, 4.69) is 24.5 Å². The van der Waals surface area contributed by atoms with Crippen molar-refractivity contribution in [3.8, 4) is 0 Å². The summed E-state index contributed by atoms with van der Waals surface area (Å²) in [5, 5.41) is 4.06. The van der Waals surface area contributed by atoms with Gasteiger partial charge in [-0.1, -0.05) is 0 Å². The van der Waals surface area contributed by atoms with Crippen LogP contribution in [-0.2, 0) is 17.9 Å². The Bertz CT molecular complexity index is 620. The Kier molecular flexibility index (Phi) is 5.05. The van der Waals surface area contributed by atoms with Gasteiger partial charge >= 0.3 is 0 Å². The number of amides is 1. The van der Waals surface area contributed by atoms with Gasteiger partial charge in [0, 0.05) is 37.9 Å². The Labute approximate surface area is 136 Å². The van der Waals surface area contributed by atoms with Gasteiger partial charge in [0.05, 0.1) is 6.54 Å². The topological polar surface area (TPSA) is 68.8 Å². The number of aromatic nitrogens is 5. The van der Waals surface area contributed by atoms with Gasteiger partial charge < -0.3 is 9.47 Å². The van der Waals surface area contributed by atoms with Crippen molar-refractivity contribution in [1.29, 1.82) is 0 Å². The monoisotopic (exact) mass is 316 g/mol. The first kappa shape index (κ1) is 15.7. The zero-order valence-electron chi connectivity index (χ0n) is 13.6. The van der Waals surface area contributed by atoms with Crippen molar-refractivity contribution in [2.75, 3.05) is 6.54 Å². The zero-order chi connectivity index (χ0) is 16.1. The van der Waals surface area contributed by atoms with E-state index in [-0.39, 0.29) is 5.91 Å². The fourth-order valence-corrected chi connectivity index (χ4v) is 3.26. The number of likely N-dealkylation sites (tertiary alicyclic amines) is 1. The molecule has 0 saturated carbocycles. The highest BCUT2D eigenvalue weighted by Gasteiger charge is 2.26. The van der Waals surface area contributed by atoms with Crippen LogP contribution in [0.5, 0.6) is 0 Å². The summed E-state index contributed by atoms with van der Waals surface area (Å²) in [5.74, 6) is 1.26. The second-order valence-corrected chi connectivity index (χ2v) is 6.10. The molecule has 7 heteroatoms. The summed E-state index contributed by atoms with van der Waals surface area (Å²) in [4.78, 5) is 22.8. The van der Waals surface area contributed by atoms with Crippen LogP contribution in [0.4, 0.5) is 0 Å². The van der Waals surface area contributed by atoms with E-state index in [1.807, 2.05) is 19.3 Å². The largest absolute Gasteiger partial charge is 0.340 e. The molecule has 7 nitrogen and oxygen atoms in total. The third kappa shape index (κ3) is 3.97. The van der Waals surface area contributed by atoms with Gasteiger partial charge in [0.25, 0.3) is 0 Å². The lowest BCUT2D eigenvalue weighted by atomic mass is 9.98. The Morgan fingerprint density at radius 3 is 3.00 bits per heavy atom. The van der Waals surface area contributed by atoms with Crippen molar-refractivity contribution in [3.63, 3.8) is 0 Å². The SMILES string of the molecule is Cc1nccn1CC[C@@H]1CCCCN1C(=O)CCn1cncn1. The Balaban J connectivity index is 1.54. The average molecular weight is 316 g/mol. The normalized spacial score (nSPS) is 18.3. The molecule has 2 aromatic heterocycles. The Morgan fingerprint density at radius 2 is 2.26 bits per heavy atom. The lowest BCUT2D eigenvalue weighted by molar-refractivity contribution is -0.135. The van der Waals surface area contributed by atoms with E-state index < -0.39 is 0 Å². The van der Waals surface area contributed by atoms with Crippen LogP contribution < -0.4 is 0 Å². The molecule has 3 rings (SSSR count). The first-order valence-corrected chi connectivity index (χ1v) is 8.33. The molecule has 0 unspecified atom stereocenters. The standard InChI is InChI=1S/C16H24N6O/c1-14-18-7-11-20(14)9-5-15-4-2-3-8-22(15)16(23)6-10-21-13-17-12-19-21/h7,11-13,15H,2-6,8-10H2,1H3/t15-/m0/s1. The molecule has 3 heterocycles. The van der Waals surface area contributed by atoms with Crippen molar-refractivity contribution in [3.05, 3.63) is 30.9 Å². The molecule has 0 aromatic carbocycles. The van der Waals surface area contributed by atoms with Gasteiger partial charge in [-0.15, -0.1) is 0 Å². The van der Waals surface area contributed by atoms with Crippen LogP contribution in [0, 0.1) is 6.92 Å². The molecule has 2 aromatic rings.